The van der Waals surface area contributed by atoms with Gasteiger partial charge in [0.2, 0.25) is 0 Å². The van der Waals surface area contributed by atoms with Gasteiger partial charge in [0.1, 0.15) is 0 Å². The predicted molar refractivity (Wildman–Crippen MR) is 72.4 cm³/mol. The summed E-state index contributed by atoms with van der Waals surface area (Å²) in [6.45, 7) is 1.94. The molecule has 0 unspecified atom stereocenters. The van der Waals surface area contributed by atoms with Crippen molar-refractivity contribution in [2.45, 2.75) is 26.2 Å². The number of carboxylic acids is 1. The van der Waals surface area contributed by atoms with E-state index in [0.29, 0.717) is 12.0 Å². The number of ketones is 1. The Morgan fingerprint density at radius 1 is 1.18 bits per heavy atom. The number of hydrogen-bond acceptors (Lipinski definition) is 2. The highest BCUT2D eigenvalue weighted by molar-refractivity contribution is 9.11. The Hall–Kier alpha value is -0.680. The molecule has 17 heavy (non-hydrogen) atoms. The largest absolute Gasteiger partial charge is 0.481 e. The molecular formula is C12H12Br2O3. The van der Waals surface area contributed by atoms with Crippen molar-refractivity contribution in [3.63, 3.8) is 0 Å². The molecule has 0 amide bonds. The molecule has 1 rings (SSSR count). The third-order valence-corrected chi connectivity index (χ3v) is 3.85. The van der Waals surface area contributed by atoms with Crippen molar-refractivity contribution in [3.05, 3.63) is 32.2 Å². The van der Waals surface area contributed by atoms with Crippen LogP contribution in [-0.2, 0) is 4.79 Å². The Morgan fingerprint density at radius 3 is 2.41 bits per heavy atom. The third kappa shape index (κ3) is 4.24. The van der Waals surface area contributed by atoms with E-state index in [-0.39, 0.29) is 18.6 Å². The van der Waals surface area contributed by atoms with Gasteiger partial charge in [0.05, 0.1) is 0 Å². The number of aliphatic carboxylic acids is 1. The maximum atomic E-state index is 11.9. The number of benzene rings is 1. The summed E-state index contributed by atoms with van der Waals surface area (Å²) in [5, 5.41) is 8.50. The average Bonchev–Trinajstić information content (AvgIpc) is 2.22. The van der Waals surface area contributed by atoms with Gasteiger partial charge in [-0.05, 0) is 31.0 Å². The van der Waals surface area contributed by atoms with Crippen molar-refractivity contribution in [1.82, 2.24) is 0 Å². The Balaban J connectivity index is 2.75. The zero-order valence-corrected chi connectivity index (χ0v) is 12.5. The second-order valence-corrected chi connectivity index (χ2v) is 5.46. The Morgan fingerprint density at radius 2 is 1.82 bits per heavy atom. The van der Waals surface area contributed by atoms with Crippen molar-refractivity contribution in [2.75, 3.05) is 0 Å². The number of aryl methyl sites for hydroxylation is 1. The first-order valence-corrected chi connectivity index (χ1v) is 6.71. The van der Waals surface area contributed by atoms with Gasteiger partial charge < -0.3 is 5.11 Å². The maximum Gasteiger partial charge on any atom is 0.303 e. The van der Waals surface area contributed by atoms with E-state index in [1.165, 1.54) is 0 Å². The number of carbonyl (C=O) groups is 2. The standard InChI is InChI=1S/C12H12Br2O3/c1-7-5-10(14)8(6-9(7)13)11(15)3-2-4-12(16)17/h5-6H,2-4H2,1H3,(H,16,17). The number of hydrogen-bond donors (Lipinski definition) is 1. The third-order valence-electron chi connectivity index (χ3n) is 2.34. The fourth-order valence-corrected chi connectivity index (χ4v) is 2.42. The number of Topliss-reactive ketones (excluding diaryl/α,β-unsaturated/α-hetero) is 1. The molecule has 3 nitrogen and oxygen atoms in total. The monoisotopic (exact) mass is 362 g/mol. The second-order valence-electron chi connectivity index (χ2n) is 3.75. The minimum absolute atomic E-state index is 0.0242. The van der Waals surface area contributed by atoms with Crippen LogP contribution in [0.25, 0.3) is 0 Å². The van der Waals surface area contributed by atoms with Crippen LogP contribution in [-0.4, -0.2) is 16.9 Å². The van der Waals surface area contributed by atoms with E-state index >= 15 is 0 Å². The second kappa shape index (κ2) is 6.31. The maximum absolute atomic E-state index is 11.9. The van der Waals surface area contributed by atoms with E-state index in [0.717, 1.165) is 14.5 Å². The summed E-state index contributed by atoms with van der Waals surface area (Å²) >= 11 is 6.72. The highest BCUT2D eigenvalue weighted by Crippen LogP contribution is 2.26. The van der Waals surface area contributed by atoms with Crippen LogP contribution < -0.4 is 0 Å². The van der Waals surface area contributed by atoms with Gasteiger partial charge in [-0.3, -0.25) is 9.59 Å². The summed E-state index contributed by atoms with van der Waals surface area (Å²) in [5.41, 5.74) is 1.63. The molecule has 1 aromatic rings. The molecule has 1 N–H and O–H groups in total. The van der Waals surface area contributed by atoms with Crippen molar-refractivity contribution >= 4 is 43.6 Å². The lowest BCUT2D eigenvalue weighted by Gasteiger charge is -2.06. The highest BCUT2D eigenvalue weighted by Gasteiger charge is 2.12. The summed E-state index contributed by atoms with van der Waals surface area (Å²) in [7, 11) is 0. The van der Waals surface area contributed by atoms with Crippen LogP contribution in [0.15, 0.2) is 21.1 Å². The summed E-state index contributed by atoms with van der Waals surface area (Å²) in [6, 6.07) is 3.64. The molecular weight excluding hydrogens is 352 g/mol. The van der Waals surface area contributed by atoms with Crippen molar-refractivity contribution in [3.8, 4) is 0 Å². The van der Waals surface area contributed by atoms with Gasteiger partial charge in [-0.2, -0.15) is 0 Å². The first-order chi connectivity index (χ1) is 7.91. The Bertz CT molecular complexity index is 455. The van der Waals surface area contributed by atoms with E-state index in [9.17, 15) is 9.59 Å². The number of carbonyl (C=O) groups excluding carboxylic acids is 1. The van der Waals surface area contributed by atoms with E-state index in [2.05, 4.69) is 31.9 Å². The molecule has 5 heteroatoms. The first-order valence-electron chi connectivity index (χ1n) is 5.12. The van der Waals surface area contributed by atoms with E-state index < -0.39 is 5.97 Å². The number of rotatable bonds is 5. The zero-order chi connectivity index (χ0) is 13.0. The smallest absolute Gasteiger partial charge is 0.303 e. The van der Waals surface area contributed by atoms with Gasteiger partial charge >= 0.3 is 5.97 Å². The van der Waals surface area contributed by atoms with Crippen LogP contribution in [0.1, 0.15) is 35.2 Å². The molecule has 0 aliphatic carbocycles. The molecule has 0 aliphatic rings. The molecule has 0 aromatic heterocycles. The lowest BCUT2D eigenvalue weighted by atomic mass is 10.0. The SMILES string of the molecule is Cc1cc(Br)c(C(=O)CCCC(=O)O)cc1Br. The summed E-state index contributed by atoms with van der Waals surface area (Å²) in [5.74, 6) is -0.916. The van der Waals surface area contributed by atoms with Crippen LogP contribution in [0.2, 0.25) is 0 Å². The molecule has 0 aliphatic heterocycles. The first kappa shape index (κ1) is 14.4. The minimum atomic E-state index is -0.873. The molecule has 0 atom stereocenters. The van der Waals surface area contributed by atoms with Crippen LogP contribution in [0, 0.1) is 6.92 Å². The van der Waals surface area contributed by atoms with Crippen LogP contribution in [0.4, 0.5) is 0 Å². The molecule has 0 bridgehead atoms. The lowest BCUT2D eigenvalue weighted by molar-refractivity contribution is -0.137. The van der Waals surface area contributed by atoms with Gasteiger partial charge in [-0.1, -0.05) is 31.9 Å². The fraction of sp³-hybridized carbons (Fsp3) is 0.333. The molecule has 0 radical (unpaired) electrons. The van der Waals surface area contributed by atoms with Gasteiger partial charge in [0, 0.05) is 27.4 Å². The normalized spacial score (nSPS) is 10.3. The minimum Gasteiger partial charge on any atom is -0.481 e. The summed E-state index contributed by atoms with van der Waals surface area (Å²) in [4.78, 5) is 22.2. The molecule has 0 spiro atoms. The molecule has 92 valence electrons. The van der Waals surface area contributed by atoms with Crippen molar-refractivity contribution < 1.29 is 14.7 Å². The van der Waals surface area contributed by atoms with Crippen LogP contribution in [0.3, 0.4) is 0 Å². The quantitative estimate of drug-likeness (QED) is 0.805. The molecule has 1 aromatic carbocycles. The Kier molecular flexibility index (Phi) is 5.33. The summed E-state index contributed by atoms with van der Waals surface area (Å²) in [6.07, 6.45) is 0.642. The highest BCUT2D eigenvalue weighted by atomic mass is 79.9. The van der Waals surface area contributed by atoms with Crippen LogP contribution >= 0.6 is 31.9 Å². The Labute approximate surface area is 116 Å². The van der Waals surface area contributed by atoms with Gasteiger partial charge in [-0.15, -0.1) is 0 Å². The van der Waals surface area contributed by atoms with E-state index in [1.807, 2.05) is 13.0 Å². The lowest BCUT2D eigenvalue weighted by Crippen LogP contribution is -2.03. The topological polar surface area (TPSA) is 54.4 Å². The fourth-order valence-electron chi connectivity index (χ4n) is 1.39. The van der Waals surface area contributed by atoms with Gasteiger partial charge in [-0.25, -0.2) is 0 Å². The van der Waals surface area contributed by atoms with Gasteiger partial charge in [0.25, 0.3) is 0 Å². The van der Waals surface area contributed by atoms with Crippen LogP contribution in [0.5, 0.6) is 0 Å². The van der Waals surface area contributed by atoms with E-state index in [4.69, 9.17) is 5.11 Å². The number of halogens is 2. The molecule has 0 heterocycles. The van der Waals surface area contributed by atoms with E-state index in [1.54, 1.807) is 6.07 Å². The van der Waals surface area contributed by atoms with Crippen molar-refractivity contribution in [1.29, 1.82) is 0 Å². The van der Waals surface area contributed by atoms with Crippen molar-refractivity contribution in [2.24, 2.45) is 0 Å². The molecule has 0 fully saturated rings. The molecule has 0 saturated heterocycles. The number of carboxylic acid groups (broad SMARTS) is 1. The zero-order valence-electron chi connectivity index (χ0n) is 9.30. The molecule has 0 saturated carbocycles. The summed E-state index contributed by atoms with van der Waals surface area (Å²) < 4.78 is 1.63. The predicted octanol–water partition coefficient (Wildman–Crippen LogP) is 3.96. The van der Waals surface area contributed by atoms with Gasteiger partial charge in [0.15, 0.2) is 5.78 Å². The average molecular weight is 364 g/mol.